The van der Waals surface area contributed by atoms with E-state index >= 15 is 0 Å². The number of fused-ring (bicyclic) bond motifs is 1. The standard InChI is InChI=1S/C12H7FN3/c13-9-3-1-2-8(4-9)10-6-15-12-11(10)5-14-7-16-12/h1-4,6-7H,(H,14,15,16). The van der Waals surface area contributed by atoms with Crippen molar-refractivity contribution in [3.05, 3.63) is 48.8 Å². The van der Waals surface area contributed by atoms with Crippen LogP contribution in [0.1, 0.15) is 0 Å². The lowest BCUT2D eigenvalue weighted by atomic mass is 10.1. The molecule has 3 nitrogen and oxygen atoms in total. The maximum atomic E-state index is 13.1. The Balaban J connectivity index is 2.26. The molecule has 0 saturated carbocycles. The third-order valence-corrected chi connectivity index (χ3v) is 2.42. The van der Waals surface area contributed by atoms with Crippen LogP contribution in [0.25, 0.3) is 22.2 Å². The summed E-state index contributed by atoms with van der Waals surface area (Å²) in [7, 11) is 0. The highest BCUT2D eigenvalue weighted by atomic mass is 19.1. The Labute approximate surface area is 91.0 Å². The van der Waals surface area contributed by atoms with E-state index in [1.165, 1.54) is 18.5 Å². The van der Waals surface area contributed by atoms with Crippen LogP contribution in [0.5, 0.6) is 0 Å². The Hall–Kier alpha value is -2.23. The van der Waals surface area contributed by atoms with E-state index in [4.69, 9.17) is 0 Å². The molecule has 3 aromatic rings. The van der Waals surface area contributed by atoms with Gasteiger partial charge in [-0.2, -0.15) is 0 Å². The van der Waals surface area contributed by atoms with Crippen LogP contribution in [0.2, 0.25) is 0 Å². The zero-order chi connectivity index (χ0) is 11.0. The van der Waals surface area contributed by atoms with Gasteiger partial charge in [0.15, 0.2) is 0 Å². The van der Waals surface area contributed by atoms with Crippen molar-refractivity contribution in [3.8, 4) is 11.1 Å². The number of hydrogen-bond acceptors (Lipinski definition) is 2. The molecule has 0 saturated heterocycles. The molecule has 77 valence electrons. The molecule has 0 fully saturated rings. The third kappa shape index (κ3) is 1.35. The van der Waals surface area contributed by atoms with Gasteiger partial charge in [0, 0.05) is 11.8 Å². The highest BCUT2D eigenvalue weighted by Crippen LogP contribution is 2.26. The highest BCUT2D eigenvalue weighted by molar-refractivity contribution is 5.92. The fraction of sp³-hybridized carbons (Fsp3) is 0. The molecule has 0 aliphatic heterocycles. The maximum Gasteiger partial charge on any atom is 0.142 e. The first-order chi connectivity index (χ1) is 7.84. The third-order valence-electron chi connectivity index (χ3n) is 2.42. The summed E-state index contributed by atoms with van der Waals surface area (Å²) in [4.78, 5) is 10.9. The number of aromatic amines is 1. The van der Waals surface area contributed by atoms with E-state index in [0.717, 1.165) is 16.5 Å². The Kier molecular flexibility index (Phi) is 1.93. The average molecular weight is 212 g/mol. The van der Waals surface area contributed by atoms with E-state index in [1.54, 1.807) is 12.3 Å². The van der Waals surface area contributed by atoms with Crippen molar-refractivity contribution in [3.63, 3.8) is 0 Å². The SMILES string of the molecule is Fc1cccc(-c2c[nH]c3ncn[c]c23)c1. The summed E-state index contributed by atoms with van der Waals surface area (Å²) in [6.07, 6.45) is 6.06. The Morgan fingerprint density at radius 2 is 2.25 bits per heavy atom. The molecule has 0 aliphatic rings. The van der Waals surface area contributed by atoms with Crippen molar-refractivity contribution in [2.75, 3.05) is 0 Å². The van der Waals surface area contributed by atoms with Crippen molar-refractivity contribution in [2.45, 2.75) is 0 Å². The molecule has 0 atom stereocenters. The molecule has 0 amide bonds. The molecule has 1 radical (unpaired) electrons. The zero-order valence-electron chi connectivity index (χ0n) is 8.24. The summed E-state index contributed by atoms with van der Waals surface area (Å²) >= 11 is 0. The summed E-state index contributed by atoms with van der Waals surface area (Å²) < 4.78 is 13.1. The predicted molar refractivity (Wildman–Crippen MR) is 58.1 cm³/mol. The van der Waals surface area contributed by atoms with Crippen LogP contribution >= 0.6 is 0 Å². The zero-order valence-corrected chi connectivity index (χ0v) is 8.24. The van der Waals surface area contributed by atoms with Gasteiger partial charge >= 0.3 is 0 Å². The molecule has 2 heterocycles. The molecular formula is C12H7FN3. The van der Waals surface area contributed by atoms with Crippen molar-refractivity contribution < 1.29 is 4.39 Å². The van der Waals surface area contributed by atoms with Gasteiger partial charge in [-0.15, -0.1) is 0 Å². The van der Waals surface area contributed by atoms with Gasteiger partial charge in [0.1, 0.15) is 24.0 Å². The van der Waals surface area contributed by atoms with Gasteiger partial charge in [-0.3, -0.25) is 0 Å². The van der Waals surface area contributed by atoms with Crippen LogP contribution in [-0.2, 0) is 0 Å². The first-order valence-corrected chi connectivity index (χ1v) is 4.80. The number of halogens is 1. The van der Waals surface area contributed by atoms with Crippen molar-refractivity contribution in [2.24, 2.45) is 0 Å². The van der Waals surface area contributed by atoms with Crippen LogP contribution in [-0.4, -0.2) is 15.0 Å². The fourth-order valence-corrected chi connectivity index (χ4v) is 1.69. The molecule has 0 unspecified atom stereocenters. The second-order valence-corrected chi connectivity index (χ2v) is 3.42. The van der Waals surface area contributed by atoms with Gasteiger partial charge in [-0.05, 0) is 17.7 Å². The molecule has 0 bridgehead atoms. The molecule has 1 aromatic carbocycles. The monoisotopic (exact) mass is 212 g/mol. The van der Waals surface area contributed by atoms with Crippen molar-refractivity contribution in [1.29, 1.82) is 0 Å². The van der Waals surface area contributed by atoms with Crippen LogP contribution < -0.4 is 0 Å². The number of H-pyrrole nitrogens is 1. The fourth-order valence-electron chi connectivity index (χ4n) is 1.69. The van der Waals surface area contributed by atoms with E-state index in [0.29, 0.717) is 5.65 Å². The molecule has 2 aromatic heterocycles. The lowest BCUT2D eigenvalue weighted by Crippen LogP contribution is -1.81. The predicted octanol–water partition coefficient (Wildman–Crippen LogP) is 2.56. The first-order valence-electron chi connectivity index (χ1n) is 4.80. The number of nitrogens with zero attached hydrogens (tertiary/aromatic N) is 2. The topological polar surface area (TPSA) is 41.6 Å². The minimum atomic E-state index is -0.260. The highest BCUT2D eigenvalue weighted by Gasteiger charge is 2.07. The number of rotatable bonds is 1. The number of hydrogen-bond donors (Lipinski definition) is 1. The molecule has 0 spiro atoms. The van der Waals surface area contributed by atoms with Gasteiger partial charge in [-0.25, -0.2) is 14.4 Å². The molecule has 1 N–H and O–H groups in total. The van der Waals surface area contributed by atoms with Gasteiger partial charge in [0.2, 0.25) is 0 Å². The van der Waals surface area contributed by atoms with E-state index in [-0.39, 0.29) is 5.82 Å². The Bertz CT molecular complexity index is 645. The molecular weight excluding hydrogens is 205 g/mol. The summed E-state index contributed by atoms with van der Waals surface area (Å²) in [6, 6.07) is 6.40. The second-order valence-electron chi connectivity index (χ2n) is 3.42. The Morgan fingerprint density at radius 1 is 1.31 bits per heavy atom. The second kappa shape index (κ2) is 3.41. The maximum absolute atomic E-state index is 13.1. The van der Waals surface area contributed by atoms with Crippen LogP contribution in [0.4, 0.5) is 4.39 Å². The van der Waals surface area contributed by atoms with Crippen LogP contribution in [0.15, 0.2) is 36.8 Å². The average Bonchev–Trinajstić information content (AvgIpc) is 2.72. The molecule has 0 aliphatic carbocycles. The minimum Gasteiger partial charge on any atom is -0.345 e. The number of benzene rings is 1. The summed E-state index contributed by atoms with van der Waals surface area (Å²) in [5, 5.41) is 0.771. The molecule has 16 heavy (non-hydrogen) atoms. The van der Waals surface area contributed by atoms with Crippen molar-refractivity contribution >= 4 is 11.0 Å². The van der Waals surface area contributed by atoms with E-state index in [9.17, 15) is 4.39 Å². The lowest BCUT2D eigenvalue weighted by Gasteiger charge is -1.98. The van der Waals surface area contributed by atoms with Gasteiger partial charge in [-0.1, -0.05) is 12.1 Å². The Morgan fingerprint density at radius 3 is 3.12 bits per heavy atom. The van der Waals surface area contributed by atoms with Crippen LogP contribution in [0.3, 0.4) is 0 Å². The minimum absolute atomic E-state index is 0.260. The largest absolute Gasteiger partial charge is 0.345 e. The first kappa shape index (κ1) is 9.03. The van der Waals surface area contributed by atoms with Gasteiger partial charge < -0.3 is 4.98 Å². The van der Waals surface area contributed by atoms with E-state index < -0.39 is 0 Å². The molecule has 4 heteroatoms. The van der Waals surface area contributed by atoms with Crippen LogP contribution in [0, 0.1) is 12.0 Å². The van der Waals surface area contributed by atoms with Crippen molar-refractivity contribution in [1.82, 2.24) is 15.0 Å². The summed E-state index contributed by atoms with van der Waals surface area (Å²) in [6.45, 7) is 0. The number of nitrogens with one attached hydrogen (secondary N) is 1. The van der Waals surface area contributed by atoms with E-state index in [1.807, 2.05) is 6.07 Å². The summed E-state index contributed by atoms with van der Waals surface area (Å²) in [5.74, 6) is -0.260. The van der Waals surface area contributed by atoms with Gasteiger partial charge in [0.05, 0.1) is 5.39 Å². The van der Waals surface area contributed by atoms with E-state index in [2.05, 4.69) is 21.1 Å². The quantitative estimate of drug-likeness (QED) is 0.673. The number of aromatic nitrogens is 3. The lowest BCUT2D eigenvalue weighted by molar-refractivity contribution is 0.628. The molecule has 3 rings (SSSR count). The smallest absolute Gasteiger partial charge is 0.142 e. The summed E-state index contributed by atoms with van der Waals surface area (Å²) in [5.41, 5.74) is 2.35. The normalized spacial score (nSPS) is 10.8. The van der Waals surface area contributed by atoms with Gasteiger partial charge in [0.25, 0.3) is 0 Å².